The zero-order valence-corrected chi connectivity index (χ0v) is 32.7. The highest BCUT2D eigenvalue weighted by Crippen LogP contribution is 2.44. The van der Waals surface area contributed by atoms with E-state index in [-0.39, 0.29) is 11.8 Å². The van der Waals surface area contributed by atoms with E-state index in [0.717, 1.165) is 58.7 Å². The quantitative estimate of drug-likeness (QED) is 0.159. The number of nitrogens with zero attached hydrogens (tertiary/aromatic N) is 3. The van der Waals surface area contributed by atoms with Gasteiger partial charge in [0.05, 0.1) is 11.4 Å². The summed E-state index contributed by atoms with van der Waals surface area (Å²) < 4.78 is 0. The Morgan fingerprint density at radius 2 is 1.34 bits per heavy atom. The molecule has 280 valence electrons. The lowest BCUT2D eigenvalue weighted by Gasteiger charge is -2.29. The Hall–Kier alpha value is -7.23. The predicted molar refractivity (Wildman–Crippen MR) is 245 cm³/mol. The minimum atomic E-state index is 0.0354. The van der Waals surface area contributed by atoms with Gasteiger partial charge in [-0.15, -0.1) is 0 Å². The zero-order valence-electron chi connectivity index (χ0n) is 32.7. The highest BCUT2D eigenvalue weighted by Gasteiger charge is 2.27. The fraction of sp³-hybridized carbons (Fsp3) is 0.0893. The van der Waals surface area contributed by atoms with Gasteiger partial charge >= 0.3 is 0 Å². The monoisotopic (exact) mass is 755 g/mol. The van der Waals surface area contributed by atoms with Gasteiger partial charge in [0.2, 0.25) is 0 Å². The van der Waals surface area contributed by atoms with Gasteiger partial charge in [-0.1, -0.05) is 164 Å². The third-order valence-corrected chi connectivity index (χ3v) is 12.3. The average Bonchev–Trinajstić information content (AvgIpc) is 3.58. The lowest BCUT2D eigenvalue weighted by molar-refractivity contribution is 0.776. The third kappa shape index (κ3) is 6.55. The van der Waals surface area contributed by atoms with Crippen LogP contribution in [0.4, 0.5) is 0 Å². The van der Waals surface area contributed by atoms with E-state index in [1.165, 1.54) is 60.5 Å². The van der Waals surface area contributed by atoms with Crippen LogP contribution in [0.3, 0.4) is 0 Å². The molecule has 6 aromatic carbocycles. The van der Waals surface area contributed by atoms with Crippen molar-refractivity contribution in [2.24, 2.45) is 0 Å². The molecule has 3 nitrogen and oxygen atoms in total. The Balaban J connectivity index is 0.983. The molecule has 2 aromatic heterocycles. The van der Waals surface area contributed by atoms with E-state index < -0.39 is 0 Å². The van der Waals surface area contributed by atoms with Crippen LogP contribution in [-0.4, -0.2) is 15.0 Å². The van der Waals surface area contributed by atoms with Gasteiger partial charge in [0.1, 0.15) is 5.82 Å². The second-order valence-electron chi connectivity index (χ2n) is 15.8. The van der Waals surface area contributed by atoms with Crippen LogP contribution in [0.25, 0.3) is 66.3 Å². The van der Waals surface area contributed by atoms with Crippen LogP contribution in [0.5, 0.6) is 0 Å². The lowest BCUT2D eigenvalue weighted by atomic mass is 9.74. The summed E-state index contributed by atoms with van der Waals surface area (Å²) in [6.45, 7) is 0. The minimum absolute atomic E-state index is 0.0354. The molecule has 0 saturated heterocycles. The van der Waals surface area contributed by atoms with Gasteiger partial charge < -0.3 is 0 Å². The molecule has 0 fully saturated rings. The fourth-order valence-electron chi connectivity index (χ4n) is 9.37. The second-order valence-corrected chi connectivity index (χ2v) is 15.8. The number of hydrogen-bond acceptors (Lipinski definition) is 3. The molecule has 3 aliphatic rings. The van der Waals surface area contributed by atoms with E-state index in [4.69, 9.17) is 9.97 Å². The van der Waals surface area contributed by atoms with E-state index in [0.29, 0.717) is 0 Å². The molecule has 3 heteroatoms. The predicted octanol–water partition coefficient (Wildman–Crippen LogP) is 13.9. The normalized spacial score (nSPS) is 17.1. The maximum Gasteiger partial charge on any atom is 0.136 e. The number of benzene rings is 6. The van der Waals surface area contributed by atoms with Crippen molar-refractivity contribution in [1.29, 1.82) is 0 Å². The summed E-state index contributed by atoms with van der Waals surface area (Å²) in [7, 11) is 0. The standard InChI is InChI=1S/C56H41N3/c1-2-19-48-47-18-7-5-13-43(47)34-53(51(48)20-3-1)41-14-10-15-44(32-41)55-35-54(39-27-23-37(24-28-39)45-16-11-31-57-36-45)58-56(59-55)40-29-25-38(26-30-40)52-33-42-12-4-6-17-46(42)49-21-8-9-22-50(49)52/h1-18,20-29,31-33,35-36,40,53H,19,30,34H2. The van der Waals surface area contributed by atoms with Gasteiger partial charge in [-0.25, -0.2) is 9.97 Å². The molecule has 2 unspecified atom stereocenters. The highest BCUT2D eigenvalue weighted by molar-refractivity contribution is 6.12. The summed E-state index contributed by atoms with van der Waals surface area (Å²) in [5.41, 5.74) is 15.7. The molecule has 2 atom stereocenters. The van der Waals surface area contributed by atoms with E-state index in [1.807, 2.05) is 18.5 Å². The second kappa shape index (κ2) is 14.9. The maximum atomic E-state index is 5.39. The lowest BCUT2D eigenvalue weighted by Crippen LogP contribution is -2.14. The van der Waals surface area contributed by atoms with Crippen LogP contribution in [0.1, 0.15) is 52.8 Å². The molecule has 3 aliphatic carbocycles. The van der Waals surface area contributed by atoms with Crippen molar-refractivity contribution in [2.45, 2.75) is 31.1 Å². The fourth-order valence-corrected chi connectivity index (χ4v) is 9.37. The van der Waals surface area contributed by atoms with Crippen LogP contribution >= 0.6 is 0 Å². The van der Waals surface area contributed by atoms with Crippen molar-refractivity contribution in [1.82, 2.24) is 15.0 Å². The van der Waals surface area contributed by atoms with Crippen LogP contribution in [-0.2, 0) is 6.42 Å². The largest absolute Gasteiger partial charge is 0.264 e. The molecule has 0 amide bonds. The zero-order chi connectivity index (χ0) is 39.1. The average molecular weight is 756 g/mol. The molecular formula is C56H41N3. The first kappa shape index (κ1) is 35.0. The minimum Gasteiger partial charge on any atom is -0.264 e. The Labute approximate surface area is 345 Å². The van der Waals surface area contributed by atoms with Crippen LogP contribution in [0.2, 0.25) is 0 Å². The van der Waals surface area contributed by atoms with Gasteiger partial charge in [0, 0.05) is 35.4 Å². The first-order valence-corrected chi connectivity index (χ1v) is 20.7. The summed E-state index contributed by atoms with van der Waals surface area (Å²) in [6.07, 6.45) is 22.4. The Bertz CT molecular complexity index is 3070. The van der Waals surface area contributed by atoms with Gasteiger partial charge in [0.15, 0.2) is 0 Å². The molecule has 2 heterocycles. The smallest absolute Gasteiger partial charge is 0.136 e. The number of fused-ring (bicyclic) bond motifs is 5. The number of pyridine rings is 1. The number of allylic oxidation sites excluding steroid dienone is 10. The molecule has 0 aliphatic heterocycles. The van der Waals surface area contributed by atoms with E-state index in [9.17, 15) is 0 Å². The molecular weight excluding hydrogens is 715 g/mol. The van der Waals surface area contributed by atoms with E-state index in [2.05, 4.69) is 187 Å². The molecule has 59 heavy (non-hydrogen) atoms. The summed E-state index contributed by atoms with van der Waals surface area (Å²) >= 11 is 0. The summed E-state index contributed by atoms with van der Waals surface area (Å²) in [5, 5.41) is 5.10. The van der Waals surface area contributed by atoms with Gasteiger partial charge in [-0.3, -0.25) is 4.98 Å². The SMILES string of the molecule is C1=CCC2=C(C=C1)C(c1cccc(-c3cc(-c4ccc(-c5cccnc5)cc4)nc(C4C=CC(c5cc6ccccc6c6ccccc56)=CC4)n3)c1)Cc1ccccc12. The first-order valence-electron chi connectivity index (χ1n) is 20.7. The third-order valence-electron chi connectivity index (χ3n) is 12.3. The van der Waals surface area contributed by atoms with Crippen LogP contribution in [0, 0.1) is 0 Å². The van der Waals surface area contributed by atoms with Crippen molar-refractivity contribution in [2.75, 3.05) is 0 Å². The molecule has 0 saturated carbocycles. The molecule has 8 aromatic rings. The Morgan fingerprint density at radius 3 is 2.19 bits per heavy atom. The molecule has 0 spiro atoms. The highest BCUT2D eigenvalue weighted by atomic mass is 14.9. The summed E-state index contributed by atoms with van der Waals surface area (Å²) in [4.78, 5) is 15.0. The topological polar surface area (TPSA) is 38.7 Å². The van der Waals surface area contributed by atoms with Gasteiger partial charge in [0.25, 0.3) is 0 Å². The van der Waals surface area contributed by atoms with Gasteiger partial charge in [-0.2, -0.15) is 0 Å². The van der Waals surface area contributed by atoms with Gasteiger partial charge in [-0.05, 0) is 115 Å². The molecule has 11 rings (SSSR count). The van der Waals surface area contributed by atoms with Crippen LogP contribution < -0.4 is 0 Å². The number of hydrogen-bond donors (Lipinski definition) is 0. The molecule has 0 radical (unpaired) electrons. The maximum absolute atomic E-state index is 5.39. The van der Waals surface area contributed by atoms with Crippen molar-refractivity contribution in [3.63, 3.8) is 0 Å². The number of aromatic nitrogens is 3. The molecule has 0 N–H and O–H groups in total. The van der Waals surface area contributed by atoms with Crippen molar-refractivity contribution < 1.29 is 0 Å². The Morgan fingerprint density at radius 1 is 0.559 bits per heavy atom. The summed E-state index contributed by atoms with van der Waals surface area (Å²) in [6, 6.07) is 52.8. The number of rotatable bonds is 6. The van der Waals surface area contributed by atoms with Crippen molar-refractivity contribution in [3.8, 4) is 33.6 Å². The van der Waals surface area contributed by atoms with E-state index in [1.54, 1.807) is 0 Å². The first-order chi connectivity index (χ1) is 29.2. The van der Waals surface area contributed by atoms with E-state index >= 15 is 0 Å². The van der Waals surface area contributed by atoms with Crippen molar-refractivity contribution in [3.05, 3.63) is 234 Å². The van der Waals surface area contributed by atoms with Crippen LogP contribution in [0.15, 0.2) is 206 Å². The molecule has 0 bridgehead atoms. The van der Waals surface area contributed by atoms with Crippen molar-refractivity contribution >= 4 is 32.7 Å². The summed E-state index contributed by atoms with van der Waals surface area (Å²) in [5.74, 6) is 1.13. The Kier molecular flexibility index (Phi) is 8.85.